The van der Waals surface area contributed by atoms with E-state index in [0.717, 1.165) is 30.6 Å². The largest absolute Gasteiger partial charge is 0.347 e. The van der Waals surface area contributed by atoms with Crippen molar-refractivity contribution in [3.05, 3.63) is 11.6 Å². The molecule has 3 aliphatic carbocycles. The second-order valence-electron chi connectivity index (χ2n) is 12.1. The van der Waals surface area contributed by atoms with Crippen molar-refractivity contribution in [1.82, 2.24) is 0 Å². The van der Waals surface area contributed by atoms with Crippen LogP contribution < -0.4 is 0 Å². The minimum atomic E-state index is -0.145. The van der Waals surface area contributed by atoms with Crippen LogP contribution in [0.2, 0.25) is 0 Å². The molecule has 4 heteroatoms. The van der Waals surface area contributed by atoms with Gasteiger partial charge < -0.3 is 4.74 Å². The molecule has 4 aliphatic rings. The highest BCUT2D eigenvalue weighted by molar-refractivity contribution is 14.1. The number of carbonyl (C=O) groups is 1. The summed E-state index contributed by atoms with van der Waals surface area (Å²) in [5, 5.41) is 0. The quantitative estimate of drug-likeness (QED) is 0.256. The summed E-state index contributed by atoms with van der Waals surface area (Å²) in [4.78, 5) is 13.5. The summed E-state index contributed by atoms with van der Waals surface area (Å²) in [6.07, 6.45) is 13.0. The van der Waals surface area contributed by atoms with Crippen LogP contribution in [0.4, 0.5) is 0 Å². The number of halogens is 1. The average Bonchev–Trinajstić information content (AvgIpc) is 2.98. The Morgan fingerprint density at radius 1 is 1.10 bits per heavy atom. The maximum absolute atomic E-state index is 13.5. The topological polar surface area (TPSA) is 35.5 Å². The molecule has 1 unspecified atom stereocenters. The van der Waals surface area contributed by atoms with Crippen molar-refractivity contribution in [2.75, 3.05) is 6.61 Å². The van der Waals surface area contributed by atoms with Crippen LogP contribution in [0.3, 0.4) is 0 Å². The van der Waals surface area contributed by atoms with Crippen molar-refractivity contribution in [2.24, 2.45) is 46.3 Å². The van der Waals surface area contributed by atoms with Gasteiger partial charge in [-0.05, 0) is 84.2 Å². The molecule has 0 aromatic rings. The molecular formula is C27H43IO3. The molecule has 31 heavy (non-hydrogen) atoms. The molecule has 176 valence electrons. The lowest BCUT2D eigenvalue weighted by Crippen LogP contribution is -2.52. The Morgan fingerprint density at radius 3 is 2.58 bits per heavy atom. The molecule has 0 aromatic carbocycles. The highest BCUT2D eigenvalue weighted by atomic mass is 127. The molecule has 1 saturated heterocycles. The summed E-state index contributed by atoms with van der Waals surface area (Å²) in [7, 11) is 0. The SMILES string of the molecule is CC(C)CCC[C@@H](C)[C@H]1CC[C@H]2[C@@H]3C(=O)C=C4COC([18O]I)CC[C@]4(C)[C@H]3CC[C@]12C. The predicted octanol–water partition coefficient (Wildman–Crippen LogP) is 7.53. The van der Waals surface area contributed by atoms with Crippen LogP contribution >= 0.6 is 23.0 Å². The Bertz CT molecular complexity index is 703. The number of rotatable bonds is 6. The van der Waals surface area contributed by atoms with Gasteiger partial charge in [0.1, 0.15) is 23.0 Å². The molecule has 0 spiro atoms. The van der Waals surface area contributed by atoms with E-state index in [1.54, 1.807) is 0 Å². The summed E-state index contributed by atoms with van der Waals surface area (Å²) in [5.74, 6) is 4.02. The Kier molecular flexibility index (Phi) is 7.31. The average molecular weight is 545 g/mol. The normalized spacial score (nSPS) is 43.6. The van der Waals surface area contributed by atoms with Crippen LogP contribution in [-0.4, -0.2) is 18.7 Å². The second kappa shape index (κ2) is 9.37. The zero-order valence-corrected chi connectivity index (χ0v) is 22.5. The lowest BCUT2D eigenvalue weighted by Gasteiger charge is -2.56. The maximum atomic E-state index is 13.5. The number of ketones is 1. The fourth-order valence-electron chi connectivity index (χ4n) is 8.25. The summed E-state index contributed by atoms with van der Waals surface area (Å²) in [6.45, 7) is 12.7. The van der Waals surface area contributed by atoms with Gasteiger partial charge in [0, 0.05) is 12.3 Å². The van der Waals surface area contributed by atoms with Gasteiger partial charge in [0.15, 0.2) is 12.1 Å². The molecular weight excluding hydrogens is 501 g/mol. The van der Waals surface area contributed by atoms with E-state index in [2.05, 4.69) is 34.6 Å². The minimum absolute atomic E-state index is 0.0881. The van der Waals surface area contributed by atoms with E-state index >= 15 is 0 Å². The maximum Gasteiger partial charge on any atom is 0.169 e. The van der Waals surface area contributed by atoms with Gasteiger partial charge in [-0.3, -0.25) is 7.86 Å². The van der Waals surface area contributed by atoms with Gasteiger partial charge in [0.25, 0.3) is 0 Å². The van der Waals surface area contributed by atoms with Crippen LogP contribution in [0, 0.1) is 46.3 Å². The first-order valence-electron chi connectivity index (χ1n) is 12.8. The van der Waals surface area contributed by atoms with Gasteiger partial charge in [-0.1, -0.05) is 53.9 Å². The number of carbonyl (C=O) groups excluding carboxylic acids is 1. The van der Waals surface area contributed by atoms with Gasteiger partial charge in [0.05, 0.1) is 6.61 Å². The monoisotopic (exact) mass is 544 g/mol. The molecule has 1 heterocycles. The number of allylic oxidation sites excluding steroid dienone is 1. The predicted molar refractivity (Wildman–Crippen MR) is 134 cm³/mol. The zero-order chi connectivity index (χ0) is 22.4. The summed E-state index contributed by atoms with van der Waals surface area (Å²) in [6, 6.07) is 0. The molecule has 0 N–H and O–H groups in total. The number of hydrogen-bond donors (Lipinski definition) is 0. The third kappa shape index (κ3) is 4.32. The summed E-state index contributed by atoms with van der Waals surface area (Å²) >= 11 is 1.96. The van der Waals surface area contributed by atoms with Crippen LogP contribution in [0.1, 0.15) is 92.4 Å². The first-order chi connectivity index (χ1) is 14.7. The molecule has 3 fully saturated rings. The van der Waals surface area contributed by atoms with Crippen LogP contribution in [0.15, 0.2) is 11.6 Å². The van der Waals surface area contributed by atoms with E-state index in [1.165, 1.54) is 50.5 Å². The first-order valence-corrected chi connectivity index (χ1v) is 13.7. The van der Waals surface area contributed by atoms with E-state index in [1.807, 2.05) is 29.1 Å². The Balaban J connectivity index is 1.54. The van der Waals surface area contributed by atoms with E-state index in [-0.39, 0.29) is 17.6 Å². The highest BCUT2D eigenvalue weighted by Gasteiger charge is 2.61. The molecule has 1 aliphatic heterocycles. The number of hydrogen-bond acceptors (Lipinski definition) is 3. The van der Waals surface area contributed by atoms with Crippen molar-refractivity contribution in [3.63, 3.8) is 0 Å². The minimum Gasteiger partial charge on any atom is -0.347 e. The number of fused-ring (bicyclic) bond motifs is 5. The van der Waals surface area contributed by atoms with Crippen molar-refractivity contribution >= 4 is 28.8 Å². The van der Waals surface area contributed by atoms with Crippen LogP contribution in [-0.2, 0) is 12.6 Å². The third-order valence-corrected chi connectivity index (χ3v) is 10.7. The van der Waals surface area contributed by atoms with E-state index in [4.69, 9.17) is 7.80 Å². The van der Waals surface area contributed by atoms with E-state index < -0.39 is 0 Å². The Labute approximate surface area is 204 Å². The van der Waals surface area contributed by atoms with Crippen molar-refractivity contribution < 1.29 is 12.6 Å². The zero-order valence-electron chi connectivity index (χ0n) is 20.3. The van der Waals surface area contributed by atoms with Crippen molar-refractivity contribution in [1.29, 1.82) is 0 Å². The molecule has 0 aromatic heterocycles. The Morgan fingerprint density at radius 2 is 1.87 bits per heavy atom. The molecule has 3 nitrogen and oxygen atoms in total. The molecule has 0 amide bonds. The van der Waals surface area contributed by atoms with E-state index in [0.29, 0.717) is 29.6 Å². The van der Waals surface area contributed by atoms with Crippen LogP contribution in [0.25, 0.3) is 0 Å². The standard InChI is InChI=1S/C27H43IO3/c1-17(2)7-6-8-18(3)20-9-10-21-25-22(11-13-27(20,21)5)26(4)14-12-24(31-28)30-16-19(26)15-23(25)29/h15,17-18,20-22,24-25H,6-14,16H2,1-5H3/t18-,20-,21+,22+,24?,25+,26+,27-/m1/s1/i31+2. The Hall–Kier alpha value is 0.0600. The van der Waals surface area contributed by atoms with Gasteiger partial charge >= 0.3 is 0 Å². The first kappa shape index (κ1) is 24.2. The van der Waals surface area contributed by atoms with Gasteiger partial charge in [-0.15, -0.1) is 0 Å². The number of ether oxygens (including phenoxy) is 1. The fraction of sp³-hybridized carbons (Fsp3) is 0.889. The van der Waals surface area contributed by atoms with Crippen molar-refractivity contribution in [3.8, 4) is 0 Å². The van der Waals surface area contributed by atoms with Gasteiger partial charge in [-0.2, -0.15) is 0 Å². The summed E-state index contributed by atoms with van der Waals surface area (Å²) in [5.41, 5.74) is 1.66. The van der Waals surface area contributed by atoms with Gasteiger partial charge in [-0.25, -0.2) is 0 Å². The molecule has 4 rings (SSSR count). The second-order valence-corrected chi connectivity index (χ2v) is 12.6. The van der Waals surface area contributed by atoms with Crippen LogP contribution in [0.5, 0.6) is 0 Å². The lowest BCUT2D eigenvalue weighted by molar-refractivity contribution is -0.133. The highest BCUT2D eigenvalue weighted by Crippen LogP contribution is 2.66. The van der Waals surface area contributed by atoms with Gasteiger partial charge in [0.2, 0.25) is 0 Å². The lowest BCUT2D eigenvalue weighted by atomic mass is 9.48. The fourth-order valence-corrected chi connectivity index (χ4v) is 8.65. The summed E-state index contributed by atoms with van der Waals surface area (Å²) < 4.78 is 11.5. The van der Waals surface area contributed by atoms with E-state index in [9.17, 15) is 4.79 Å². The molecule has 8 atom stereocenters. The molecule has 0 radical (unpaired) electrons. The third-order valence-electron chi connectivity index (χ3n) is 10.1. The smallest absolute Gasteiger partial charge is 0.169 e. The molecule has 2 saturated carbocycles. The molecule has 0 bridgehead atoms. The van der Waals surface area contributed by atoms with Crippen molar-refractivity contribution in [2.45, 2.75) is 98.7 Å².